The van der Waals surface area contributed by atoms with Gasteiger partial charge in [0.25, 0.3) is 0 Å². The molecule has 0 fully saturated rings. The molecule has 1 heterocycles. The molecule has 34 heavy (non-hydrogen) atoms. The molecule has 1 aliphatic carbocycles. The van der Waals surface area contributed by atoms with E-state index in [4.69, 9.17) is 18.9 Å². The van der Waals surface area contributed by atoms with Crippen LogP contribution in [0.3, 0.4) is 0 Å². The van der Waals surface area contributed by atoms with E-state index in [9.17, 15) is 14.2 Å². The molecule has 4 rings (SSSR count). The first-order chi connectivity index (χ1) is 16.1. The maximum atomic E-state index is 14.9. The number of halogens is 1. The third kappa shape index (κ3) is 4.79. The minimum absolute atomic E-state index is 0.0553. The summed E-state index contributed by atoms with van der Waals surface area (Å²) >= 11 is 0. The minimum Gasteiger partial charge on any atom is -0.492 e. The van der Waals surface area contributed by atoms with Crippen molar-refractivity contribution in [3.63, 3.8) is 0 Å². The fourth-order valence-electron chi connectivity index (χ4n) is 4.48. The molecule has 0 radical (unpaired) electrons. The van der Waals surface area contributed by atoms with Crippen molar-refractivity contribution in [2.45, 2.75) is 64.6 Å². The lowest BCUT2D eigenvalue weighted by atomic mass is 9.73. The van der Waals surface area contributed by atoms with Crippen LogP contribution in [0.2, 0.25) is 0 Å². The van der Waals surface area contributed by atoms with Crippen molar-refractivity contribution in [1.29, 1.82) is 0 Å². The molecular formula is C26H32BFO6. The second-order valence-corrected chi connectivity index (χ2v) is 9.89. The first-order valence-electron chi connectivity index (χ1n) is 11.8. The molecule has 0 saturated carbocycles. The number of hydrogen-bond acceptors (Lipinski definition) is 6. The van der Waals surface area contributed by atoms with Crippen molar-refractivity contribution in [1.82, 2.24) is 0 Å². The van der Waals surface area contributed by atoms with Gasteiger partial charge in [0, 0.05) is 23.1 Å². The molecular weight excluding hydrogens is 438 g/mol. The van der Waals surface area contributed by atoms with Gasteiger partial charge in [0.05, 0.1) is 25.7 Å². The van der Waals surface area contributed by atoms with Gasteiger partial charge < -0.3 is 23.9 Å². The maximum Gasteiger partial charge on any atom is 0.491 e. The summed E-state index contributed by atoms with van der Waals surface area (Å²) in [6, 6.07) is 8.46. The van der Waals surface area contributed by atoms with Crippen molar-refractivity contribution < 1.29 is 33.1 Å². The second kappa shape index (κ2) is 9.58. The topological polar surface area (TPSA) is 74.2 Å². The normalized spacial score (nSPS) is 18.9. The van der Waals surface area contributed by atoms with Crippen LogP contribution in [0.25, 0.3) is 0 Å². The summed E-state index contributed by atoms with van der Waals surface area (Å²) in [5.41, 5.74) is 2.19. The minimum atomic E-state index is -1.15. The molecule has 2 aromatic rings. The van der Waals surface area contributed by atoms with Crippen LogP contribution in [-0.4, -0.2) is 37.4 Å². The van der Waals surface area contributed by atoms with E-state index in [2.05, 4.69) is 0 Å². The van der Waals surface area contributed by atoms with Crippen LogP contribution in [0, 0.1) is 11.7 Å². The molecule has 0 bridgehead atoms. The summed E-state index contributed by atoms with van der Waals surface area (Å²) in [5.74, 6) is 0.739. The molecule has 2 atom stereocenters. The first-order valence-corrected chi connectivity index (χ1v) is 11.8. The van der Waals surface area contributed by atoms with Crippen molar-refractivity contribution in [2.75, 3.05) is 13.7 Å². The molecule has 1 aliphatic heterocycles. The number of rotatable bonds is 8. The van der Waals surface area contributed by atoms with Crippen LogP contribution in [0.4, 0.5) is 4.39 Å². The molecule has 182 valence electrons. The van der Waals surface area contributed by atoms with Crippen molar-refractivity contribution in [3.8, 4) is 11.5 Å². The summed E-state index contributed by atoms with van der Waals surface area (Å²) in [5, 5.41) is 10.8. The van der Waals surface area contributed by atoms with E-state index in [1.54, 1.807) is 12.1 Å². The van der Waals surface area contributed by atoms with Crippen LogP contribution < -0.4 is 14.9 Å². The Kier molecular flexibility index (Phi) is 6.92. The Bertz CT molecular complexity index is 1070. The predicted octanol–water partition coefficient (Wildman–Crippen LogP) is 4.07. The number of esters is 1. The van der Waals surface area contributed by atoms with Crippen LogP contribution in [0.15, 0.2) is 30.3 Å². The van der Waals surface area contributed by atoms with Gasteiger partial charge in [-0.15, -0.1) is 0 Å². The Morgan fingerprint density at radius 1 is 1.29 bits per heavy atom. The van der Waals surface area contributed by atoms with Gasteiger partial charge in [-0.25, -0.2) is 4.39 Å². The number of methoxy groups -OCH3 is 1. The molecule has 6 nitrogen and oxygen atoms in total. The van der Waals surface area contributed by atoms with Crippen LogP contribution >= 0.6 is 0 Å². The lowest BCUT2D eigenvalue weighted by Crippen LogP contribution is -2.45. The van der Waals surface area contributed by atoms with E-state index >= 15 is 0 Å². The van der Waals surface area contributed by atoms with Gasteiger partial charge in [-0.2, -0.15) is 0 Å². The van der Waals surface area contributed by atoms with E-state index in [0.29, 0.717) is 42.0 Å². The molecule has 0 aromatic heterocycles. The van der Waals surface area contributed by atoms with Crippen LogP contribution in [-0.2, 0) is 20.6 Å². The average Bonchev–Trinajstić information content (AvgIpc) is 3.38. The van der Waals surface area contributed by atoms with Gasteiger partial charge >= 0.3 is 13.1 Å². The molecule has 8 heteroatoms. The highest BCUT2D eigenvalue weighted by molar-refractivity contribution is 6.60. The van der Waals surface area contributed by atoms with Gasteiger partial charge in [-0.3, -0.25) is 4.79 Å². The molecule has 2 aromatic carbocycles. The largest absolute Gasteiger partial charge is 0.492 e. The smallest absolute Gasteiger partial charge is 0.491 e. The maximum absolute atomic E-state index is 14.9. The van der Waals surface area contributed by atoms with Crippen molar-refractivity contribution in [2.24, 2.45) is 5.92 Å². The van der Waals surface area contributed by atoms with E-state index in [-0.39, 0.29) is 30.0 Å². The number of benzene rings is 2. The lowest BCUT2D eigenvalue weighted by Gasteiger charge is -2.32. The lowest BCUT2D eigenvalue weighted by molar-refractivity contribution is -0.141. The number of carbonyl (C=O) groups is 1. The number of carbonyl (C=O) groups excluding carboxylic acids is 1. The van der Waals surface area contributed by atoms with Gasteiger partial charge in [0.15, 0.2) is 0 Å². The fourth-order valence-corrected chi connectivity index (χ4v) is 4.48. The quantitative estimate of drug-likeness (QED) is 0.463. The zero-order chi connectivity index (χ0) is 24.6. The molecule has 0 saturated heterocycles. The van der Waals surface area contributed by atoms with Crippen molar-refractivity contribution in [3.05, 3.63) is 52.8 Å². The monoisotopic (exact) mass is 470 g/mol. The molecule has 0 spiro atoms. The van der Waals surface area contributed by atoms with Crippen LogP contribution in [0.5, 0.6) is 11.5 Å². The summed E-state index contributed by atoms with van der Waals surface area (Å²) in [6.07, 6.45) is 0.946. The number of fused-ring (bicyclic) bond motifs is 2. The zero-order valence-corrected chi connectivity index (χ0v) is 20.4. The predicted molar refractivity (Wildman–Crippen MR) is 127 cm³/mol. The van der Waals surface area contributed by atoms with E-state index < -0.39 is 18.8 Å². The molecule has 0 amide bonds. The van der Waals surface area contributed by atoms with Gasteiger partial charge in [-0.05, 0) is 55.8 Å². The highest BCUT2D eigenvalue weighted by Gasteiger charge is 2.37. The van der Waals surface area contributed by atoms with Gasteiger partial charge in [0.1, 0.15) is 23.4 Å². The highest BCUT2D eigenvalue weighted by Crippen LogP contribution is 2.41. The molecule has 2 aliphatic rings. The van der Waals surface area contributed by atoms with E-state index in [0.717, 1.165) is 11.1 Å². The van der Waals surface area contributed by atoms with Gasteiger partial charge in [-0.1, -0.05) is 26.0 Å². The van der Waals surface area contributed by atoms with Crippen molar-refractivity contribution >= 4 is 18.6 Å². The highest BCUT2D eigenvalue weighted by atomic mass is 19.1. The SMILES string of the molecule is COC(=O)CC1COc2cc(OC3CCc4c(B(O)OC(C)(C)C(C)C)ccc(F)c43)ccc21. The Morgan fingerprint density at radius 3 is 2.76 bits per heavy atom. The zero-order valence-electron chi connectivity index (χ0n) is 20.4. The second-order valence-electron chi connectivity index (χ2n) is 9.89. The Labute approximate surface area is 200 Å². The number of ether oxygens (including phenoxy) is 3. The Hall–Kier alpha value is -2.58. The number of hydrogen-bond donors (Lipinski definition) is 1. The van der Waals surface area contributed by atoms with E-state index in [1.165, 1.54) is 13.2 Å². The molecule has 1 N–H and O–H groups in total. The third-order valence-electron chi connectivity index (χ3n) is 7.17. The summed E-state index contributed by atoms with van der Waals surface area (Å²) in [6.45, 7) is 8.33. The van der Waals surface area contributed by atoms with Crippen LogP contribution in [0.1, 0.15) is 69.2 Å². The Balaban J connectivity index is 1.53. The average molecular weight is 470 g/mol. The summed E-state index contributed by atoms with van der Waals surface area (Å²) < 4.78 is 37.6. The fraction of sp³-hybridized carbons (Fsp3) is 0.500. The van der Waals surface area contributed by atoms with E-state index in [1.807, 2.05) is 39.8 Å². The summed E-state index contributed by atoms with van der Waals surface area (Å²) in [4.78, 5) is 11.6. The standard InChI is InChI=1S/C26H32BFO6/c1-15(2)26(3,4)34-27(30)20-9-10-21(28)25-19(20)8-11-22(25)33-17-6-7-18-16(12-24(29)31-5)14-32-23(18)13-17/h6-7,9-10,13,15-16,22,30H,8,11-12,14H2,1-5H3. The Morgan fingerprint density at radius 2 is 2.06 bits per heavy atom. The van der Waals surface area contributed by atoms with Gasteiger partial charge in [0.2, 0.25) is 0 Å². The third-order valence-corrected chi connectivity index (χ3v) is 7.17. The first kappa shape index (κ1) is 24.5. The molecule has 2 unspecified atom stereocenters. The summed E-state index contributed by atoms with van der Waals surface area (Å²) in [7, 11) is 0.224.